The van der Waals surface area contributed by atoms with Gasteiger partial charge in [-0.15, -0.1) is 0 Å². The highest BCUT2D eigenvalue weighted by Gasteiger charge is 2.06. The molecule has 0 amide bonds. The van der Waals surface area contributed by atoms with Crippen LogP contribution in [0.5, 0.6) is 0 Å². The highest BCUT2D eigenvalue weighted by atomic mass is 19.1. The lowest BCUT2D eigenvalue weighted by Crippen LogP contribution is -2.25. The van der Waals surface area contributed by atoms with Crippen LogP contribution in [0.4, 0.5) is 10.1 Å². The molecule has 1 rings (SSSR count). The average molecular weight is 209 g/mol. The number of hydrogen-bond acceptors (Lipinski definition) is 2. The first-order valence-corrected chi connectivity index (χ1v) is 5.12. The second-order valence-corrected chi connectivity index (χ2v) is 3.62. The standard InChI is InChI=1S/C12H16FNO/c1-3-4-12(15)9-14(2)11-7-5-10(13)6-8-11/h5-8H,3-4,9H2,1-2H3. The molecular weight excluding hydrogens is 193 g/mol. The lowest BCUT2D eigenvalue weighted by Gasteiger charge is -2.18. The van der Waals surface area contributed by atoms with Gasteiger partial charge in [0.2, 0.25) is 0 Å². The fourth-order valence-corrected chi connectivity index (χ4v) is 1.41. The first-order chi connectivity index (χ1) is 7.13. The minimum Gasteiger partial charge on any atom is -0.367 e. The summed E-state index contributed by atoms with van der Waals surface area (Å²) in [5, 5.41) is 0. The van der Waals surface area contributed by atoms with Crippen LogP contribution in [0.3, 0.4) is 0 Å². The third-order valence-corrected chi connectivity index (χ3v) is 2.21. The van der Waals surface area contributed by atoms with Crippen LogP contribution in [-0.2, 0) is 4.79 Å². The van der Waals surface area contributed by atoms with E-state index in [2.05, 4.69) is 0 Å². The van der Waals surface area contributed by atoms with E-state index in [1.807, 2.05) is 18.9 Å². The summed E-state index contributed by atoms with van der Waals surface area (Å²) in [5.41, 5.74) is 0.862. The Kier molecular flexibility index (Phi) is 4.28. The van der Waals surface area contributed by atoms with Crippen molar-refractivity contribution in [3.8, 4) is 0 Å². The van der Waals surface area contributed by atoms with Gasteiger partial charge >= 0.3 is 0 Å². The summed E-state index contributed by atoms with van der Waals surface area (Å²) in [4.78, 5) is 13.2. The minimum absolute atomic E-state index is 0.212. The average Bonchev–Trinajstić information content (AvgIpc) is 2.18. The van der Waals surface area contributed by atoms with Crippen molar-refractivity contribution in [1.82, 2.24) is 0 Å². The van der Waals surface area contributed by atoms with E-state index in [-0.39, 0.29) is 11.6 Å². The summed E-state index contributed by atoms with van der Waals surface area (Å²) < 4.78 is 12.6. The fourth-order valence-electron chi connectivity index (χ4n) is 1.41. The van der Waals surface area contributed by atoms with Gasteiger partial charge in [-0.25, -0.2) is 4.39 Å². The molecule has 82 valence electrons. The number of likely N-dealkylation sites (N-methyl/N-ethyl adjacent to an activating group) is 1. The molecule has 15 heavy (non-hydrogen) atoms. The maximum Gasteiger partial charge on any atom is 0.152 e. The molecule has 0 spiro atoms. The molecule has 2 nitrogen and oxygen atoms in total. The Labute approximate surface area is 89.7 Å². The summed E-state index contributed by atoms with van der Waals surface area (Å²) in [6.07, 6.45) is 1.47. The van der Waals surface area contributed by atoms with E-state index in [4.69, 9.17) is 0 Å². The zero-order chi connectivity index (χ0) is 11.3. The van der Waals surface area contributed by atoms with Crippen LogP contribution in [0.1, 0.15) is 19.8 Å². The number of rotatable bonds is 5. The fraction of sp³-hybridized carbons (Fsp3) is 0.417. The van der Waals surface area contributed by atoms with Gasteiger partial charge in [0.05, 0.1) is 6.54 Å². The highest BCUT2D eigenvalue weighted by molar-refractivity contribution is 5.83. The van der Waals surface area contributed by atoms with E-state index < -0.39 is 0 Å². The third kappa shape index (κ3) is 3.70. The van der Waals surface area contributed by atoms with Crippen LogP contribution in [0, 0.1) is 5.82 Å². The van der Waals surface area contributed by atoms with Gasteiger partial charge in [0.15, 0.2) is 5.78 Å². The number of carbonyl (C=O) groups excluding carboxylic acids is 1. The van der Waals surface area contributed by atoms with Gasteiger partial charge in [-0.05, 0) is 30.7 Å². The predicted octanol–water partition coefficient (Wildman–Crippen LogP) is 2.63. The topological polar surface area (TPSA) is 20.3 Å². The molecule has 0 aliphatic rings. The van der Waals surface area contributed by atoms with Gasteiger partial charge in [0.25, 0.3) is 0 Å². The van der Waals surface area contributed by atoms with Gasteiger partial charge in [-0.1, -0.05) is 6.92 Å². The molecule has 0 aliphatic carbocycles. The molecule has 0 fully saturated rings. The highest BCUT2D eigenvalue weighted by Crippen LogP contribution is 2.12. The molecule has 0 heterocycles. The Balaban J connectivity index is 2.57. The number of halogens is 1. The summed E-state index contributed by atoms with van der Waals surface area (Å²) in [6.45, 7) is 2.37. The van der Waals surface area contributed by atoms with Gasteiger partial charge in [-0.3, -0.25) is 4.79 Å². The van der Waals surface area contributed by atoms with Gasteiger partial charge in [0, 0.05) is 19.2 Å². The van der Waals surface area contributed by atoms with Crippen molar-refractivity contribution >= 4 is 11.5 Å². The van der Waals surface area contributed by atoms with E-state index in [0.717, 1.165) is 12.1 Å². The number of anilines is 1. The van der Waals surface area contributed by atoms with Gasteiger partial charge in [0.1, 0.15) is 5.82 Å². The number of benzene rings is 1. The van der Waals surface area contributed by atoms with Crippen molar-refractivity contribution in [1.29, 1.82) is 0 Å². The van der Waals surface area contributed by atoms with Crippen LogP contribution in [0.15, 0.2) is 24.3 Å². The van der Waals surface area contributed by atoms with Crippen LogP contribution < -0.4 is 4.90 Å². The lowest BCUT2D eigenvalue weighted by molar-refractivity contribution is -0.117. The Hall–Kier alpha value is -1.38. The minimum atomic E-state index is -0.257. The molecule has 3 heteroatoms. The molecule has 0 N–H and O–H groups in total. The van der Waals surface area contributed by atoms with Crippen LogP contribution >= 0.6 is 0 Å². The molecule has 0 saturated heterocycles. The normalized spacial score (nSPS) is 10.1. The zero-order valence-electron chi connectivity index (χ0n) is 9.16. The molecular formula is C12H16FNO. The molecule has 0 radical (unpaired) electrons. The van der Waals surface area contributed by atoms with Crippen molar-refractivity contribution in [3.05, 3.63) is 30.1 Å². The molecule has 1 aromatic carbocycles. The maximum absolute atomic E-state index is 12.6. The second kappa shape index (κ2) is 5.49. The van der Waals surface area contributed by atoms with E-state index in [0.29, 0.717) is 13.0 Å². The maximum atomic E-state index is 12.6. The Bertz CT molecular complexity index is 321. The molecule has 0 aliphatic heterocycles. The predicted molar refractivity (Wildman–Crippen MR) is 59.6 cm³/mol. The van der Waals surface area contributed by atoms with Crippen molar-refractivity contribution in [2.45, 2.75) is 19.8 Å². The van der Waals surface area contributed by atoms with E-state index in [1.54, 1.807) is 12.1 Å². The van der Waals surface area contributed by atoms with Crippen molar-refractivity contribution in [2.24, 2.45) is 0 Å². The second-order valence-electron chi connectivity index (χ2n) is 3.62. The Morgan fingerprint density at radius 1 is 1.33 bits per heavy atom. The van der Waals surface area contributed by atoms with Crippen molar-refractivity contribution in [2.75, 3.05) is 18.5 Å². The Morgan fingerprint density at radius 2 is 1.93 bits per heavy atom. The summed E-state index contributed by atoms with van der Waals surface area (Å²) >= 11 is 0. The summed E-state index contributed by atoms with van der Waals surface area (Å²) in [6, 6.07) is 6.15. The number of nitrogens with zero attached hydrogens (tertiary/aromatic N) is 1. The molecule has 0 unspecified atom stereocenters. The quantitative estimate of drug-likeness (QED) is 0.743. The monoisotopic (exact) mass is 209 g/mol. The molecule has 0 bridgehead atoms. The van der Waals surface area contributed by atoms with E-state index >= 15 is 0 Å². The molecule has 1 aromatic rings. The zero-order valence-corrected chi connectivity index (χ0v) is 9.16. The van der Waals surface area contributed by atoms with Crippen molar-refractivity contribution < 1.29 is 9.18 Å². The van der Waals surface area contributed by atoms with E-state index in [1.165, 1.54) is 12.1 Å². The SMILES string of the molecule is CCCC(=O)CN(C)c1ccc(F)cc1. The first-order valence-electron chi connectivity index (χ1n) is 5.12. The number of Topliss-reactive ketones (excluding diaryl/α,β-unsaturated/α-hetero) is 1. The first kappa shape index (κ1) is 11.7. The van der Waals surface area contributed by atoms with Crippen LogP contribution in [0.2, 0.25) is 0 Å². The summed E-state index contributed by atoms with van der Waals surface area (Å²) in [7, 11) is 1.83. The molecule has 0 aromatic heterocycles. The van der Waals surface area contributed by atoms with E-state index in [9.17, 15) is 9.18 Å². The smallest absolute Gasteiger partial charge is 0.152 e. The largest absolute Gasteiger partial charge is 0.367 e. The van der Waals surface area contributed by atoms with Crippen molar-refractivity contribution in [3.63, 3.8) is 0 Å². The number of ketones is 1. The molecule has 0 atom stereocenters. The summed E-state index contributed by atoms with van der Waals surface area (Å²) in [5.74, 6) is -0.0450. The van der Waals surface area contributed by atoms with Crippen LogP contribution in [0.25, 0.3) is 0 Å². The molecule has 0 saturated carbocycles. The van der Waals surface area contributed by atoms with Crippen LogP contribution in [-0.4, -0.2) is 19.4 Å². The number of hydrogen-bond donors (Lipinski definition) is 0. The Morgan fingerprint density at radius 3 is 2.47 bits per heavy atom. The lowest BCUT2D eigenvalue weighted by atomic mass is 10.2. The van der Waals surface area contributed by atoms with Gasteiger partial charge in [-0.2, -0.15) is 0 Å². The third-order valence-electron chi connectivity index (χ3n) is 2.21. The van der Waals surface area contributed by atoms with Gasteiger partial charge < -0.3 is 4.90 Å². The number of carbonyl (C=O) groups is 1.